The van der Waals surface area contributed by atoms with E-state index in [1.807, 2.05) is 20.8 Å². The van der Waals surface area contributed by atoms with Gasteiger partial charge in [0.25, 0.3) is 0 Å². The molecule has 0 aromatic heterocycles. The van der Waals surface area contributed by atoms with E-state index in [9.17, 15) is 13.2 Å². The van der Waals surface area contributed by atoms with Crippen LogP contribution in [0.5, 0.6) is 0 Å². The molecule has 1 aromatic carbocycles. The van der Waals surface area contributed by atoms with Gasteiger partial charge in [0.2, 0.25) is 15.9 Å². The Morgan fingerprint density at radius 2 is 1.91 bits per heavy atom. The van der Waals surface area contributed by atoms with Gasteiger partial charge in [0.1, 0.15) is 0 Å². The third kappa shape index (κ3) is 5.02. The first kappa shape index (κ1) is 17.9. The molecule has 1 saturated heterocycles. The Hall–Kier alpha value is -1.44. The van der Waals surface area contributed by atoms with Crippen LogP contribution < -0.4 is 10.0 Å². The highest BCUT2D eigenvalue weighted by molar-refractivity contribution is 7.89. The maximum Gasteiger partial charge on any atom is 0.240 e. The molecule has 23 heavy (non-hydrogen) atoms. The summed E-state index contributed by atoms with van der Waals surface area (Å²) in [7, 11) is -3.56. The molecule has 0 unspecified atom stereocenters. The van der Waals surface area contributed by atoms with Crippen molar-refractivity contribution < 1.29 is 17.9 Å². The second kappa shape index (κ2) is 6.98. The zero-order valence-corrected chi connectivity index (χ0v) is 14.6. The summed E-state index contributed by atoms with van der Waals surface area (Å²) in [5.41, 5.74) is 0.0659. The van der Waals surface area contributed by atoms with Crippen LogP contribution >= 0.6 is 0 Å². The van der Waals surface area contributed by atoms with E-state index < -0.39 is 15.4 Å². The number of hydrogen-bond donors (Lipinski definition) is 2. The number of hydrogen-bond acceptors (Lipinski definition) is 4. The van der Waals surface area contributed by atoms with Gasteiger partial charge in [-0.25, -0.2) is 13.1 Å². The van der Waals surface area contributed by atoms with Gasteiger partial charge < -0.3 is 10.1 Å². The van der Waals surface area contributed by atoms with Crippen LogP contribution in [0, 0.1) is 5.41 Å². The molecule has 0 aliphatic carbocycles. The average molecular weight is 340 g/mol. The fourth-order valence-corrected chi connectivity index (χ4v) is 3.19. The highest BCUT2D eigenvalue weighted by Crippen LogP contribution is 2.19. The van der Waals surface area contributed by atoms with E-state index in [-0.39, 0.29) is 23.5 Å². The van der Waals surface area contributed by atoms with Crippen LogP contribution in [0.25, 0.3) is 0 Å². The van der Waals surface area contributed by atoms with Gasteiger partial charge in [0.05, 0.1) is 11.0 Å². The maximum absolute atomic E-state index is 12.2. The van der Waals surface area contributed by atoms with Crippen molar-refractivity contribution in [2.45, 2.75) is 44.6 Å². The minimum absolute atomic E-state index is 0.0462. The molecule has 7 heteroatoms. The molecule has 6 nitrogen and oxygen atoms in total. The SMILES string of the molecule is CC(C)(C)C(=O)Nc1ccc(S(=O)(=O)NC[C@H]2CCCO2)cc1. The molecule has 1 aliphatic rings. The maximum atomic E-state index is 12.2. The predicted molar refractivity (Wildman–Crippen MR) is 88.7 cm³/mol. The number of sulfonamides is 1. The molecule has 1 fully saturated rings. The molecule has 1 atom stereocenters. The van der Waals surface area contributed by atoms with Crippen molar-refractivity contribution in [2.75, 3.05) is 18.5 Å². The van der Waals surface area contributed by atoms with E-state index in [0.29, 0.717) is 12.3 Å². The number of benzene rings is 1. The summed E-state index contributed by atoms with van der Waals surface area (Å²) in [6.45, 7) is 6.42. The van der Waals surface area contributed by atoms with Crippen molar-refractivity contribution in [3.63, 3.8) is 0 Å². The van der Waals surface area contributed by atoms with Crippen molar-refractivity contribution >= 4 is 21.6 Å². The molecule has 0 bridgehead atoms. The van der Waals surface area contributed by atoms with Crippen molar-refractivity contribution in [3.05, 3.63) is 24.3 Å². The standard InChI is InChI=1S/C16H24N2O4S/c1-16(2,3)15(19)18-12-6-8-14(9-7-12)23(20,21)17-11-13-5-4-10-22-13/h6-9,13,17H,4-5,10-11H2,1-3H3,(H,18,19)/t13-/m1/s1. The minimum Gasteiger partial charge on any atom is -0.377 e. The van der Waals surface area contributed by atoms with Crippen LogP contribution in [0.1, 0.15) is 33.6 Å². The van der Waals surface area contributed by atoms with E-state index in [0.717, 1.165) is 12.8 Å². The summed E-state index contributed by atoms with van der Waals surface area (Å²) < 4.78 is 32.4. The van der Waals surface area contributed by atoms with Crippen LogP contribution in [0.3, 0.4) is 0 Å². The second-order valence-corrected chi connectivity index (χ2v) is 8.48. The largest absolute Gasteiger partial charge is 0.377 e. The van der Waals surface area contributed by atoms with Crippen LogP contribution in [0.4, 0.5) is 5.69 Å². The Kier molecular flexibility index (Phi) is 5.44. The van der Waals surface area contributed by atoms with E-state index >= 15 is 0 Å². The average Bonchev–Trinajstić information content (AvgIpc) is 2.98. The van der Waals surface area contributed by atoms with Crippen molar-refractivity contribution in [3.8, 4) is 0 Å². The highest BCUT2D eigenvalue weighted by atomic mass is 32.2. The van der Waals surface area contributed by atoms with Gasteiger partial charge in [0.15, 0.2) is 0 Å². The topological polar surface area (TPSA) is 84.5 Å². The van der Waals surface area contributed by atoms with Gasteiger partial charge in [-0.15, -0.1) is 0 Å². The molecule has 1 heterocycles. The van der Waals surface area contributed by atoms with Gasteiger partial charge >= 0.3 is 0 Å². The lowest BCUT2D eigenvalue weighted by molar-refractivity contribution is -0.123. The first-order chi connectivity index (χ1) is 10.7. The summed E-state index contributed by atoms with van der Waals surface area (Å²) in [4.78, 5) is 12.1. The molecular formula is C16H24N2O4S. The second-order valence-electron chi connectivity index (χ2n) is 6.72. The number of amides is 1. The quantitative estimate of drug-likeness (QED) is 0.860. The van der Waals surface area contributed by atoms with E-state index in [4.69, 9.17) is 4.74 Å². The summed E-state index contributed by atoms with van der Waals surface area (Å²) in [6.07, 6.45) is 1.80. The molecule has 0 saturated carbocycles. The number of carbonyl (C=O) groups excluding carboxylic acids is 1. The first-order valence-electron chi connectivity index (χ1n) is 7.71. The van der Waals surface area contributed by atoms with Crippen LogP contribution in [-0.4, -0.2) is 33.6 Å². The summed E-state index contributed by atoms with van der Waals surface area (Å²) in [5.74, 6) is -0.121. The summed E-state index contributed by atoms with van der Waals surface area (Å²) >= 11 is 0. The highest BCUT2D eigenvalue weighted by Gasteiger charge is 2.22. The molecule has 2 N–H and O–H groups in total. The fraction of sp³-hybridized carbons (Fsp3) is 0.562. The number of ether oxygens (including phenoxy) is 1. The van der Waals surface area contributed by atoms with Crippen LogP contribution in [0.2, 0.25) is 0 Å². The van der Waals surface area contributed by atoms with Crippen molar-refractivity contribution in [1.29, 1.82) is 0 Å². The molecule has 2 rings (SSSR count). The zero-order valence-electron chi connectivity index (χ0n) is 13.8. The normalized spacial score (nSPS) is 18.8. The van der Waals surface area contributed by atoms with Crippen molar-refractivity contribution in [1.82, 2.24) is 4.72 Å². The number of anilines is 1. The smallest absolute Gasteiger partial charge is 0.240 e. The Bertz CT molecular complexity index is 642. The lowest BCUT2D eigenvalue weighted by Crippen LogP contribution is -2.31. The lowest BCUT2D eigenvalue weighted by atomic mass is 9.95. The first-order valence-corrected chi connectivity index (χ1v) is 9.19. The lowest BCUT2D eigenvalue weighted by Gasteiger charge is -2.17. The van der Waals surface area contributed by atoms with Crippen molar-refractivity contribution in [2.24, 2.45) is 5.41 Å². The van der Waals surface area contributed by atoms with Gasteiger partial charge in [-0.2, -0.15) is 0 Å². The predicted octanol–water partition coefficient (Wildman–Crippen LogP) is 2.13. The van der Waals surface area contributed by atoms with Gasteiger partial charge in [0, 0.05) is 24.3 Å². The van der Waals surface area contributed by atoms with Crippen LogP contribution in [0.15, 0.2) is 29.2 Å². The van der Waals surface area contributed by atoms with E-state index in [1.165, 1.54) is 12.1 Å². The van der Waals surface area contributed by atoms with Gasteiger partial charge in [-0.05, 0) is 37.1 Å². The molecule has 1 aliphatic heterocycles. The number of carbonyl (C=O) groups is 1. The van der Waals surface area contributed by atoms with E-state index in [2.05, 4.69) is 10.0 Å². The van der Waals surface area contributed by atoms with Gasteiger partial charge in [-0.3, -0.25) is 4.79 Å². The molecule has 0 radical (unpaired) electrons. The number of rotatable bonds is 5. The summed E-state index contributed by atoms with van der Waals surface area (Å²) in [6, 6.07) is 6.14. The Labute approximate surface area is 137 Å². The van der Waals surface area contributed by atoms with Gasteiger partial charge in [-0.1, -0.05) is 20.8 Å². The Morgan fingerprint density at radius 3 is 2.43 bits per heavy atom. The van der Waals surface area contributed by atoms with Crippen LogP contribution in [-0.2, 0) is 19.6 Å². The molecule has 1 aromatic rings. The number of nitrogens with one attached hydrogen (secondary N) is 2. The Balaban J connectivity index is 1.98. The molecular weight excluding hydrogens is 316 g/mol. The summed E-state index contributed by atoms with van der Waals surface area (Å²) in [5, 5.41) is 2.76. The Morgan fingerprint density at radius 1 is 1.26 bits per heavy atom. The van der Waals surface area contributed by atoms with E-state index in [1.54, 1.807) is 12.1 Å². The molecule has 128 valence electrons. The molecule has 0 spiro atoms. The third-order valence-corrected chi connectivity index (χ3v) is 5.07. The minimum atomic E-state index is -3.56. The monoisotopic (exact) mass is 340 g/mol. The molecule has 1 amide bonds. The fourth-order valence-electron chi connectivity index (χ4n) is 2.13. The third-order valence-electron chi connectivity index (χ3n) is 3.63. The zero-order chi connectivity index (χ0) is 17.1.